The number of amides is 2. The van der Waals surface area contributed by atoms with Gasteiger partial charge in [0.2, 0.25) is 12.7 Å². The lowest BCUT2D eigenvalue weighted by molar-refractivity contribution is -0.0517. The SMILES string of the molecule is CC(C)(C)Cc1cnc2c(c1)C(N1CC(C(Cc3ccc4c(c3)OCO4)NC(=O)OC(C)(C)C)OC1=O)CC1(CCC1)O2. The molecule has 1 N–H and O–H groups in total. The van der Waals surface area contributed by atoms with Crippen molar-refractivity contribution in [2.75, 3.05) is 13.3 Å². The van der Waals surface area contributed by atoms with E-state index in [1.165, 1.54) is 0 Å². The Balaban J connectivity index is 1.27. The van der Waals surface area contributed by atoms with Crippen molar-refractivity contribution in [2.45, 2.75) is 109 Å². The number of hydrogen-bond donors (Lipinski definition) is 1. The third-order valence-corrected chi connectivity index (χ3v) is 8.46. The van der Waals surface area contributed by atoms with Gasteiger partial charge in [-0.2, -0.15) is 0 Å². The van der Waals surface area contributed by atoms with Gasteiger partial charge in [0.05, 0.1) is 18.6 Å². The predicted octanol–water partition coefficient (Wildman–Crippen LogP) is 6.10. The van der Waals surface area contributed by atoms with Gasteiger partial charge in [-0.25, -0.2) is 14.6 Å². The molecule has 10 heteroatoms. The number of ether oxygens (including phenoxy) is 5. The van der Waals surface area contributed by atoms with E-state index in [-0.39, 0.29) is 23.9 Å². The third-order valence-electron chi connectivity index (χ3n) is 8.46. The number of pyridine rings is 1. The van der Waals surface area contributed by atoms with Gasteiger partial charge in [0.25, 0.3) is 0 Å². The smallest absolute Gasteiger partial charge is 0.410 e. The fraction of sp³-hybridized carbons (Fsp3) is 0.606. The molecule has 10 nitrogen and oxygen atoms in total. The van der Waals surface area contributed by atoms with Crippen molar-refractivity contribution in [2.24, 2.45) is 5.41 Å². The van der Waals surface area contributed by atoms with Gasteiger partial charge in [-0.3, -0.25) is 4.90 Å². The zero-order valence-electron chi connectivity index (χ0n) is 26.0. The van der Waals surface area contributed by atoms with Crippen molar-refractivity contribution in [3.05, 3.63) is 47.2 Å². The van der Waals surface area contributed by atoms with Gasteiger partial charge >= 0.3 is 12.2 Å². The Hall–Kier alpha value is -3.69. The first-order valence-corrected chi connectivity index (χ1v) is 15.3. The molecule has 2 aromatic rings. The van der Waals surface area contributed by atoms with E-state index in [1.807, 2.05) is 45.2 Å². The number of carbonyl (C=O) groups excluding carboxylic acids is 2. The van der Waals surface area contributed by atoms with Crippen LogP contribution in [0.4, 0.5) is 9.59 Å². The molecule has 43 heavy (non-hydrogen) atoms. The van der Waals surface area contributed by atoms with Crippen LogP contribution in [0.5, 0.6) is 17.4 Å². The zero-order chi connectivity index (χ0) is 30.6. The number of benzene rings is 1. The molecule has 2 fully saturated rings. The molecule has 1 aromatic heterocycles. The van der Waals surface area contributed by atoms with E-state index in [0.717, 1.165) is 42.4 Å². The summed E-state index contributed by atoms with van der Waals surface area (Å²) in [6, 6.07) is 7.07. The Morgan fingerprint density at radius 2 is 1.88 bits per heavy atom. The average Bonchev–Trinajstić information content (AvgIpc) is 3.51. The molecule has 3 unspecified atom stereocenters. The van der Waals surface area contributed by atoms with Crippen molar-refractivity contribution >= 4 is 12.2 Å². The highest BCUT2D eigenvalue weighted by molar-refractivity contribution is 5.72. The maximum atomic E-state index is 13.6. The van der Waals surface area contributed by atoms with Crippen LogP contribution in [0.3, 0.4) is 0 Å². The molecule has 1 spiro atoms. The fourth-order valence-corrected chi connectivity index (χ4v) is 6.44. The van der Waals surface area contributed by atoms with Crippen LogP contribution in [-0.2, 0) is 22.3 Å². The number of alkyl carbamates (subject to hydrolysis) is 1. The van der Waals surface area contributed by atoms with Crippen LogP contribution in [0.25, 0.3) is 0 Å². The monoisotopic (exact) mass is 593 g/mol. The number of carbonyl (C=O) groups is 2. The third kappa shape index (κ3) is 6.48. The largest absolute Gasteiger partial charge is 0.471 e. The second kappa shape index (κ2) is 10.8. The minimum atomic E-state index is -0.674. The summed E-state index contributed by atoms with van der Waals surface area (Å²) in [7, 11) is 0. The molecule has 1 saturated carbocycles. The summed E-state index contributed by atoms with van der Waals surface area (Å²) in [6.45, 7) is 12.5. The molecule has 2 amide bonds. The van der Waals surface area contributed by atoms with E-state index in [0.29, 0.717) is 36.8 Å². The van der Waals surface area contributed by atoms with E-state index in [9.17, 15) is 9.59 Å². The normalized spacial score (nSPS) is 22.7. The summed E-state index contributed by atoms with van der Waals surface area (Å²) in [5.41, 5.74) is 2.05. The van der Waals surface area contributed by atoms with Gasteiger partial charge in [0.15, 0.2) is 11.5 Å². The van der Waals surface area contributed by atoms with Crippen LogP contribution in [0.15, 0.2) is 30.5 Å². The number of fused-ring (bicyclic) bond motifs is 2. The standard InChI is InChI=1S/C33H43N3O7/c1-31(2,3)15-21-12-22-24(16-33(10-7-11-33)42-28(22)34-17-21)36-18-27(41-30(36)38)23(35-29(37)43-32(4,5)6)13-20-8-9-25-26(14-20)40-19-39-25/h8-9,12,14,17,23-24,27H,7,10-11,13,15-16,18-19H2,1-6H3,(H,35,37). The zero-order valence-corrected chi connectivity index (χ0v) is 26.0. The van der Waals surface area contributed by atoms with Gasteiger partial charge in [-0.1, -0.05) is 26.8 Å². The first kappa shape index (κ1) is 29.4. The van der Waals surface area contributed by atoms with E-state index >= 15 is 0 Å². The van der Waals surface area contributed by atoms with Crippen molar-refractivity contribution in [1.29, 1.82) is 0 Å². The molecule has 1 aliphatic carbocycles. The lowest BCUT2D eigenvalue weighted by atomic mass is 9.72. The van der Waals surface area contributed by atoms with Crippen molar-refractivity contribution in [3.63, 3.8) is 0 Å². The first-order valence-electron chi connectivity index (χ1n) is 15.3. The minimum Gasteiger partial charge on any atom is -0.471 e. The van der Waals surface area contributed by atoms with Gasteiger partial charge in [-0.05, 0) is 87.6 Å². The van der Waals surface area contributed by atoms with Crippen molar-refractivity contribution in [1.82, 2.24) is 15.2 Å². The summed E-state index contributed by atoms with van der Waals surface area (Å²) in [5, 5.41) is 2.99. The van der Waals surface area contributed by atoms with E-state index in [1.54, 1.807) is 4.90 Å². The molecule has 232 valence electrons. The van der Waals surface area contributed by atoms with Crippen LogP contribution in [0, 0.1) is 5.41 Å². The van der Waals surface area contributed by atoms with Crippen LogP contribution < -0.4 is 19.5 Å². The summed E-state index contributed by atoms with van der Waals surface area (Å²) >= 11 is 0. The van der Waals surface area contributed by atoms with Gasteiger partial charge < -0.3 is 29.0 Å². The Morgan fingerprint density at radius 3 is 2.58 bits per heavy atom. The molecule has 1 saturated heterocycles. The summed E-state index contributed by atoms with van der Waals surface area (Å²) in [6.07, 6.45) is 5.26. The molecule has 4 heterocycles. The first-order chi connectivity index (χ1) is 20.3. The number of aromatic nitrogens is 1. The van der Waals surface area contributed by atoms with Gasteiger partial charge in [0.1, 0.15) is 17.3 Å². The molecule has 1 aromatic carbocycles. The van der Waals surface area contributed by atoms with E-state index < -0.39 is 29.9 Å². The van der Waals surface area contributed by atoms with Crippen LogP contribution in [0.2, 0.25) is 0 Å². The number of rotatable bonds is 6. The second-order valence-electron chi connectivity index (χ2n) is 14.6. The van der Waals surface area contributed by atoms with Crippen molar-refractivity contribution in [3.8, 4) is 17.4 Å². The topological polar surface area (TPSA) is 108 Å². The van der Waals surface area contributed by atoms with Crippen molar-refractivity contribution < 1.29 is 33.3 Å². The number of hydrogen-bond acceptors (Lipinski definition) is 8. The van der Waals surface area contributed by atoms with Crippen LogP contribution in [-0.4, -0.2) is 58.8 Å². The molecule has 4 aliphatic rings. The summed E-state index contributed by atoms with van der Waals surface area (Å²) in [4.78, 5) is 33.1. The highest BCUT2D eigenvalue weighted by Crippen LogP contribution is 2.51. The fourth-order valence-electron chi connectivity index (χ4n) is 6.44. The maximum absolute atomic E-state index is 13.6. The highest BCUT2D eigenvalue weighted by atomic mass is 16.7. The molecular weight excluding hydrogens is 550 g/mol. The Labute approximate surface area is 253 Å². The maximum Gasteiger partial charge on any atom is 0.410 e. The molecule has 3 aliphatic heterocycles. The summed E-state index contributed by atoms with van der Waals surface area (Å²) in [5.74, 6) is 1.94. The second-order valence-corrected chi connectivity index (χ2v) is 14.6. The molecule has 0 bridgehead atoms. The van der Waals surface area contributed by atoms with Gasteiger partial charge in [-0.15, -0.1) is 0 Å². The van der Waals surface area contributed by atoms with Crippen LogP contribution in [0.1, 0.15) is 90.0 Å². The number of nitrogens with one attached hydrogen (secondary N) is 1. The van der Waals surface area contributed by atoms with E-state index in [4.69, 9.17) is 28.7 Å². The minimum absolute atomic E-state index is 0.0864. The molecule has 6 rings (SSSR count). The lowest BCUT2D eigenvalue weighted by Crippen LogP contribution is -2.51. The molecule has 3 atom stereocenters. The Morgan fingerprint density at radius 1 is 1.12 bits per heavy atom. The summed E-state index contributed by atoms with van der Waals surface area (Å²) < 4.78 is 29.1. The van der Waals surface area contributed by atoms with E-state index in [2.05, 4.69) is 32.2 Å². The average molecular weight is 594 g/mol. The quantitative estimate of drug-likeness (QED) is 0.428. The molecular formula is C33H43N3O7. The van der Waals surface area contributed by atoms with Gasteiger partial charge in [0, 0.05) is 18.2 Å². The Bertz CT molecular complexity index is 1390. The Kier molecular flexibility index (Phi) is 7.37. The highest BCUT2D eigenvalue weighted by Gasteiger charge is 2.51. The number of nitrogens with zero attached hydrogens (tertiary/aromatic N) is 2. The number of cyclic esters (lactones) is 1. The van der Waals surface area contributed by atoms with Crippen LogP contribution >= 0.6 is 0 Å². The lowest BCUT2D eigenvalue weighted by Gasteiger charge is -2.48. The molecule has 0 radical (unpaired) electrons. The predicted molar refractivity (Wildman–Crippen MR) is 158 cm³/mol.